The molecule has 3 unspecified atom stereocenters. The first-order valence-corrected chi connectivity index (χ1v) is 8.78. The van der Waals surface area contributed by atoms with Crippen LogP contribution in [0.25, 0.3) is 0 Å². The summed E-state index contributed by atoms with van der Waals surface area (Å²) in [5.41, 5.74) is 0. The molecule has 5 nitrogen and oxygen atoms in total. The SMILES string of the molecule is CC1CCC(C(C)C)C(OC(=O)COC(=O)c2ccc(Br)o2)C1. The van der Waals surface area contributed by atoms with Crippen molar-refractivity contribution < 1.29 is 23.5 Å². The quantitative estimate of drug-likeness (QED) is 0.709. The fraction of sp³-hybridized carbons (Fsp3) is 0.647. The zero-order valence-corrected chi connectivity index (χ0v) is 15.3. The van der Waals surface area contributed by atoms with Gasteiger partial charge in [0.15, 0.2) is 11.3 Å². The first-order chi connectivity index (χ1) is 10.9. The normalized spacial score (nSPS) is 24.5. The van der Waals surface area contributed by atoms with Crippen molar-refractivity contribution in [2.75, 3.05) is 6.61 Å². The maximum atomic E-state index is 12.0. The van der Waals surface area contributed by atoms with E-state index in [1.54, 1.807) is 6.07 Å². The van der Waals surface area contributed by atoms with E-state index in [1.165, 1.54) is 12.5 Å². The van der Waals surface area contributed by atoms with Gasteiger partial charge in [-0.25, -0.2) is 9.59 Å². The van der Waals surface area contributed by atoms with Crippen LogP contribution in [0.1, 0.15) is 50.6 Å². The highest BCUT2D eigenvalue weighted by Crippen LogP contribution is 2.35. The molecule has 1 saturated carbocycles. The van der Waals surface area contributed by atoms with Gasteiger partial charge in [0.25, 0.3) is 0 Å². The lowest BCUT2D eigenvalue weighted by molar-refractivity contribution is -0.159. The topological polar surface area (TPSA) is 65.7 Å². The van der Waals surface area contributed by atoms with Gasteiger partial charge in [-0.15, -0.1) is 0 Å². The molecule has 0 spiro atoms. The number of ether oxygens (including phenoxy) is 2. The Bertz CT molecular complexity index is 551. The fourth-order valence-corrected chi connectivity index (χ4v) is 3.38. The first-order valence-electron chi connectivity index (χ1n) is 7.98. The Labute approximate surface area is 144 Å². The Hall–Kier alpha value is -1.30. The second kappa shape index (κ2) is 7.99. The summed E-state index contributed by atoms with van der Waals surface area (Å²) < 4.78 is 16.0. The highest BCUT2D eigenvalue weighted by atomic mass is 79.9. The van der Waals surface area contributed by atoms with Crippen LogP contribution in [0.5, 0.6) is 0 Å². The molecular formula is C17H23BrO5. The number of halogens is 1. The third-order valence-corrected chi connectivity index (χ3v) is 4.77. The molecule has 0 bridgehead atoms. The number of rotatable bonds is 5. The standard InChI is InChI=1S/C17H23BrO5/c1-10(2)12-5-4-11(3)8-14(12)23-16(19)9-21-17(20)13-6-7-15(18)22-13/h6-7,10-12,14H,4-5,8-9H2,1-3H3. The molecule has 1 aliphatic rings. The van der Waals surface area contributed by atoms with Gasteiger partial charge in [-0.2, -0.15) is 0 Å². The first kappa shape index (κ1) is 18.0. The molecule has 6 heteroatoms. The van der Waals surface area contributed by atoms with Crippen molar-refractivity contribution in [3.05, 3.63) is 22.6 Å². The molecule has 3 atom stereocenters. The van der Waals surface area contributed by atoms with E-state index in [-0.39, 0.29) is 11.9 Å². The van der Waals surface area contributed by atoms with E-state index in [2.05, 4.69) is 36.7 Å². The van der Waals surface area contributed by atoms with Crippen LogP contribution in [0.4, 0.5) is 0 Å². The van der Waals surface area contributed by atoms with Crippen molar-refractivity contribution in [3.63, 3.8) is 0 Å². The second-order valence-corrected chi connectivity index (χ2v) is 7.32. The second-order valence-electron chi connectivity index (χ2n) is 6.53. The van der Waals surface area contributed by atoms with Crippen molar-refractivity contribution in [3.8, 4) is 0 Å². The summed E-state index contributed by atoms with van der Waals surface area (Å²) in [5, 5.41) is 0. The van der Waals surface area contributed by atoms with E-state index >= 15 is 0 Å². The molecule has 1 aromatic rings. The Morgan fingerprint density at radius 1 is 1.35 bits per heavy atom. The molecule has 0 N–H and O–H groups in total. The van der Waals surface area contributed by atoms with Gasteiger partial charge in [-0.1, -0.05) is 27.2 Å². The summed E-state index contributed by atoms with van der Waals surface area (Å²) in [4.78, 5) is 23.7. The lowest BCUT2D eigenvalue weighted by Gasteiger charge is -2.36. The smallest absolute Gasteiger partial charge is 0.374 e. The minimum absolute atomic E-state index is 0.0519. The minimum Gasteiger partial charge on any atom is -0.460 e. The summed E-state index contributed by atoms with van der Waals surface area (Å²) in [7, 11) is 0. The molecule has 1 fully saturated rings. The van der Waals surface area contributed by atoms with Gasteiger partial charge in [0, 0.05) is 0 Å². The molecule has 0 amide bonds. The van der Waals surface area contributed by atoms with Crippen LogP contribution in [-0.2, 0) is 14.3 Å². The van der Waals surface area contributed by atoms with E-state index in [0.29, 0.717) is 22.4 Å². The van der Waals surface area contributed by atoms with E-state index < -0.39 is 18.5 Å². The third kappa shape index (κ3) is 5.09. The van der Waals surface area contributed by atoms with Gasteiger partial charge < -0.3 is 13.9 Å². The Morgan fingerprint density at radius 3 is 2.70 bits per heavy atom. The average Bonchev–Trinajstić information content (AvgIpc) is 2.91. The highest BCUT2D eigenvalue weighted by Gasteiger charge is 2.33. The van der Waals surface area contributed by atoms with Crippen molar-refractivity contribution in [2.24, 2.45) is 17.8 Å². The summed E-state index contributed by atoms with van der Waals surface area (Å²) in [5.74, 6) is 0.246. The van der Waals surface area contributed by atoms with E-state index in [0.717, 1.165) is 12.8 Å². The maximum Gasteiger partial charge on any atom is 0.374 e. The van der Waals surface area contributed by atoms with Crippen molar-refractivity contribution in [2.45, 2.75) is 46.1 Å². The van der Waals surface area contributed by atoms with Gasteiger partial charge in [-0.3, -0.25) is 0 Å². The number of carbonyl (C=O) groups excluding carboxylic acids is 2. The van der Waals surface area contributed by atoms with E-state index in [9.17, 15) is 9.59 Å². The van der Waals surface area contributed by atoms with Crippen LogP contribution in [0.3, 0.4) is 0 Å². The van der Waals surface area contributed by atoms with E-state index in [4.69, 9.17) is 13.9 Å². The molecular weight excluding hydrogens is 364 g/mol. The largest absolute Gasteiger partial charge is 0.460 e. The number of carbonyl (C=O) groups is 2. The van der Waals surface area contributed by atoms with Crippen molar-refractivity contribution >= 4 is 27.9 Å². The molecule has 0 aliphatic heterocycles. The molecule has 0 saturated heterocycles. The lowest BCUT2D eigenvalue weighted by atomic mass is 9.75. The molecule has 1 aromatic heterocycles. The Morgan fingerprint density at radius 2 is 2.09 bits per heavy atom. The summed E-state index contributed by atoms with van der Waals surface area (Å²) in [6, 6.07) is 3.07. The van der Waals surface area contributed by atoms with Gasteiger partial charge in [0.2, 0.25) is 5.76 Å². The monoisotopic (exact) mass is 386 g/mol. The molecule has 0 radical (unpaired) electrons. The Balaban J connectivity index is 1.84. The maximum absolute atomic E-state index is 12.0. The zero-order valence-electron chi connectivity index (χ0n) is 13.7. The molecule has 0 aromatic carbocycles. The fourth-order valence-electron chi connectivity index (χ4n) is 3.07. The van der Waals surface area contributed by atoms with Crippen LogP contribution in [0.15, 0.2) is 21.2 Å². The number of furan rings is 1. The molecule has 1 heterocycles. The minimum atomic E-state index is -0.676. The van der Waals surface area contributed by atoms with Gasteiger partial charge in [-0.05, 0) is 58.7 Å². The zero-order chi connectivity index (χ0) is 17.0. The summed E-state index contributed by atoms with van der Waals surface area (Å²) in [6.45, 7) is 6.07. The molecule has 128 valence electrons. The highest BCUT2D eigenvalue weighted by molar-refractivity contribution is 9.10. The van der Waals surface area contributed by atoms with Crippen LogP contribution in [0.2, 0.25) is 0 Å². The van der Waals surface area contributed by atoms with Crippen LogP contribution >= 0.6 is 15.9 Å². The van der Waals surface area contributed by atoms with Crippen molar-refractivity contribution in [1.29, 1.82) is 0 Å². The number of hydrogen-bond donors (Lipinski definition) is 0. The number of hydrogen-bond acceptors (Lipinski definition) is 5. The van der Waals surface area contributed by atoms with Gasteiger partial charge in [0.1, 0.15) is 6.10 Å². The summed E-state index contributed by atoms with van der Waals surface area (Å²) >= 11 is 3.11. The lowest BCUT2D eigenvalue weighted by Crippen LogP contribution is -2.36. The average molecular weight is 387 g/mol. The summed E-state index contributed by atoms with van der Waals surface area (Å²) in [6.07, 6.45) is 3.01. The number of esters is 2. The van der Waals surface area contributed by atoms with Crippen LogP contribution < -0.4 is 0 Å². The predicted molar refractivity (Wildman–Crippen MR) is 87.9 cm³/mol. The van der Waals surface area contributed by atoms with Gasteiger partial charge >= 0.3 is 11.9 Å². The van der Waals surface area contributed by atoms with Crippen LogP contribution in [0, 0.1) is 17.8 Å². The van der Waals surface area contributed by atoms with Gasteiger partial charge in [0.05, 0.1) is 0 Å². The third-order valence-electron chi connectivity index (χ3n) is 4.34. The van der Waals surface area contributed by atoms with Crippen molar-refractivity contribution in [1.82, 2.24) is 0 Å². The Kier molecular flexibility index (Phi) is 6.27. The predicted octanol–water partition coefficient (Wildman–Crippen LogP) is 4.20. The molecule has 2 rings (SSSR count). The molecule has 1 aliphatic carbocycles. The van der Waals surface area contributed by atoms with E-state index in [1.807, 2.05) is 0 Å². The molecule has 23 heavy (non-hydrogen) atoms. The van der Waals surface area contributed by atoms with Crippen LogP contribution in [-0.4, -0.2) is 24.6 Å².